The van der Waals surface area contributed by atoms with Gasteiger partial charge >= 0.3 is 0 Å². The van der Waals surface area contributed by atoms with E-state index in [1.165, 1.54) is 19.1 Å². The van der Waals surface area contributed by atoms with E-state index in [0.29, 0.717) is 35.8 Å². The number of hydrogen-bond acceptors (Lipinski definition) is 3. The van der Waals surface area contributed by atoms with Crippen LogP contribution in [0.25, 0.3) is 0 Å². The fourth-order valence-electron chi connectivity index (χ4n) is 1.53. The van der Waals surface area contributed by atoms with Gasteiger partial charge in [0.05, 0.1) is 11.6 Å². The van der Waals surface area contributed by atoms with Gasteiger partial charge in [0.1, 0.15) is 19.4 Å². The predicted molar refractivity (Wildman–Crippen MR) is 51.7 cm³/mol. The second kappa shape index (κ2) is 3.77. The van der Waals surface area contributed by atoms with E-state index in [0.717, 1.165) is 0 Å². The van der Waals surface area contributed by atoms with Gasteiger partial charge in [-0.05, 0) is 13.0 Å². The third kappa shape index (κ3) is 1.73. The molecule has 1 aromatic carbocycles. The highest BCUT2D eigenvalue weighted by molar-refractivity contribution is 5.52. The standard InChI is InChI=1S/C11H10FNO2/c1-7(12)9-5-11-10(4-8(9)6-13)14-2-3-15-11/h4-5,7H,2-3H2,1H3. The Kier molecular flexibility index (Phi) is 2.46. The Morgan fingerprint density at radius 1 is 1.33 bits per heavy atom. The number of fused-ring (bicyclic) bond motifs is 1. The minimum Gasteiger partial charge on any atom is -0.486 e. The van der Waals surface area contributed by atoms with Crippen LogP contribution in [0.4, 0.5) is 4.39 Å². The van der Waals surface area contributed by atoms with E-state index in [-0.39, 0.29) is 0 Å². The van der Waals surface area contributed by atoms with Gasteiger partial charge in [-0.15, -0.1) is 0 Å². The summed E-state index contributed by atoms with van der Waals surface area (Å²) in [6.07, 6.45) is -1.18. The summed E-state index contributed by atoms with van der Waals surface area (Å²) in [6.45, 7) is 2.31. The van der Waals surface area contributed by atoms with Crippen LogP contribution >= 0.6 is 0 Å². The van der Waals surface area contributed by atoms with Crippen molar-refractivity contribution in [2.75, 3.05) is 13.2 Å². The van der Waals surface area contributed by atoms with Gasteiger partial charge in [-0.1, -0.05) is 0 Å². The van der Waals surface area contributed by atoms with E-state index in [2.05, 4.69) is 0 Å². The summed E-state index contributed by atoms with van der Waals surface area (Å²) in [5.74, 6) is 1.03. The van der Waals surface area contributed by atoms with Crippen LogP contribution in [0.2, 0.25) is 0 Å². The largest absolute Gasteiger partial charge is 0.486 e. The van der Waals surface area contributed by atoms with Crippen LogP contribution in [0.5, 0.6) is 11.5 Å². The van der Waals surface area contributed by atoms with Gasteiger partial charge in [0.15, 0.2) is 11.5 Å². The van der Waals surface area contributed by atoms with Gasteiger partial charge in [-0.25, -0.2) is 4.39 Å². The first-order valence-electron chi connectivity index (χ1n) is 4.70. The van der Waals surface area contributed by atoms with Gasteiger partial charge in [0, 0.05) is 11.6 Å². The molecule has 2 rings (SSSR count). The third-order valence-electron chi connectivity index (χ3n) is 2.26. The van der Waals surface area contributed by atoms with Crippen molar-refractivity contribution in [3.63, 3.8) is 0 Å². The Balaban J connectivity index is 2.52. The van der Waals surface area contributed by atoms with Crippen LogP contribution in [0, 0.1) is 11.3 Å². The quantitative estimate of drug-likeness (QED) is 0.709. The normalized spacial score (nSPS) is 15.5. The highest BCUT2D eigenvalue weighted by Crippen LogP contribution is 2.35. The summed E-state index contributed by atoms with van der Waals surface area (Å²) < 4.78 is 23.8. The molecule has 1 aliphatic rings. The average molecular weight is 207 g/mol. The van der Waals surface area contributed by atoms with E-state index < -0.39 is 6.17 Å². The molecule has 1 atom stereocenters. The first kappa shape index (κ1) is 9.78. The van der Waals surface area contributed by atoms with Crippen LogP contribution in [0.3, 0.4) is 0 Å². The van der Waals surface area contributed by atoms with Crippen molar-refractivity contribution in [1.29, 1.82) is 5.26 Å². The summed E-state index contributed by atoms with van der Waals surface area (Å²) in [5, 5.41) is 8.86. The first-order valence-corrected chi connectivity index (χ1v) is 4.70. The van der Waals surface area contributed by atoms with Crippen molar-refractivity contribution < 1.29 is 13.9 Å². The number of benzene rings is 1. The van der Waals surface area contributed by atoms with Crippen molar-refractivity contribution in [3.05, 3.63) is 23.3 Å². The van der Waals surface area contributed by atoms with Gasteiger partial charge in [-0.3, -0.25) is 0 Å². The van der Waals surface area contributed by atoms with Crippen LogP contribution in [-0.2, 0) is 0 Å². The molecular formula is C11H10FNO2. The maximum Gasteiger partial charge on any atom is 0.162 e. The van der Waals surface area contributed by atoms with Crippen molar-refractivity contribution >= 4 is 0 Å². The zero-order valence-corrected chi connectivity index (χ0v) is 8.29. The molecule has 0 radical (unpaired) electrons. The summed E-state index contributed by atoms with van der Waals surface area (Å²) in [5.41, 5.74) is 0.649. The summed E-state index contributed by atoms with van der Waals surface area (Å²) in [6, 6.07) is 5.02. The van der Waals surface area contributed by atoms with E-state index in [1.807, 2.05) is 6.07 Å². The minimum atomic E-state index is -1.18. The maximum absolute atomic E-state index is 13.2. The Hall–Kier alpha value is -1.76. The molecule has 1 aliphatic heterocycles. The number of hydrogen-bond donors (Lipinski definition) is 0. The zero-order chi connectivity index (χ0) is 10.8. The molecule has 0 saturated heterocycles. The number of nitriles is 1. The Bertz CT molecular complexity index is 423. The molecule has 78 valence electrons. The smallest absolute Gasteiger partial charge is 0.162 e. The topological polar surface area (TPSA) is 42.2 Å². The lowest BCUT2D eigenvalue weighted by molar-refractivity contribution is 0.171. The minimum absolute atomic E-state index is 0.300. The molecular weight excluding hydrogens is 197 g/mol. The summed E-state index contributed by atoms with van der Waals surface area (Å²) in [4.78, 5) is 0. The van der Waals surface area contributed by atoms with E-state index in [1.54, 1.807) is 0 Å². The molecule has 0 fully saturated rings. The molecule has 4 heteroatoms. The fraction of sp³-hybridized carbons (Fsp3) is 0.364. The molecule has 0 aromatic heterocycles. The van der Waals surface area contributed by atoms with E-state index >= 15 is 0 Å². The first-order chi connectivity index (χ1) is 7.22. The highest BCUT2D eigenvalue weighted by Gasteiger charge is 2.18. The zero-order valence-electron chi connectivity index (χ0n) is 8.29. The molecule has 0 N–H and O–H groups in total. The number of halogens is 1. The Morgan fingerprint density at radius 2 is 1.93 bits per heavy atom. The van der Waals surface area contributed by atoms with Gasteiger partial charge in [-0.2, -0.15) is 5.26 Å². The van der Waals surface area contributed by atoms with E-state index in [4.69, 9.17) is 14.7 Å². The van der Waals surface area contributed by atoms with Crippen molar-refractivity contribution in [3.8, 4) is 17.6 Å². The van der Waals surface area contributed by atoms with E-state index in [9.17, 15) is 4.39 Å². The molecule has 0 bridgehead atoms. The lowest BCUT2D eigenvalue weighted by Gasteiger charge is -2.20. The van der Waals surface area contributed by atoms with Crippen LogP contribution in [-0.4, -0.2) is 13.2 Å². The number of ether oxygens (including phenoxy) is 2. The molecule has 0 spiro atoms. The van der Waals surface area contributed by atoms with Crippen LogP contribution in [0.1, 0.15) is 24.2 Å². The van der Waals surface area contributed by atoms with Gasteiger partial charge in [0.2, 0.25) is 0 Å². The molecule has 3 nitrogen and oxygen atoms in total. The fourth-order valence-corrected chi connectivity index (χ4v) is 1.53. The highest BCUT2D eigenvalue weighted by atomic mass is 19.1. The Labute approximate surface area is 87.0 Å². The predicted octanol–water partition coefficient (Wildman–Crippen LogP) is 2.36. The van der Waals surface area contributed by atoms with Crippen molar-refractivity contribution in [1.82, 2.24) is 0 Å². The molecule has 1 aromatic rings. The molecule has 1 heterocycles. The van der Waals surface area contributed by atoms with Gasteiger partial charge in [0.25, 0.3) is 0 Å². The maximum atomic E-state index is 13.2. The average Bonchev–Trinajstić information content (AvgIpc) is 2.27. The Morgan fingerprint density at radius 3 is 2.47 bits per heavy atom. The SMILES string of the molecule is CC(F)c1cc2c(cc1C#N)OCCO2. The third-order valence-corrected chi connectivity index (χ3v) is 2.26. The van der Waals surface area contributed by atoms with Crippen molar-refractivity contribution in [2.45, 2.75) is 13.1 Å². The van der Waals surface area contributed by atoms with Gasteiger partial charge < -0.3 is 9.47 Å². The molecule has 0 amide bonds. The summed E-state index contributed by atoms with van der Waals surface area (Å²) >= 11 is 0. The van der Waals surface area contributed by atoms with Crippen LogP contribution in [0.15, 0.2) is 12.1 Å². The molecule has 1 unspecified atom stereocenters. The second-order valence-electron chi connectivity index (χ2n) is 3.31. The summed E-state index contributed by atoms with van der Waals surface area (Å²) in [7, 11) is 0. The lowest BCUT2D eigenvalue weighted by atomic mass is 10.0. The lowest BCUT2D eigenvalue weighted by Crippen LogP contribution is -2.16. The second-order valence-corrected chi connectivity index (χ2v) is 3.31. The molecule has 0 aliphatic carbocycles. The number of nitrogens with zero attached hydrogens (tertiary/aromatic N) is 1. The number of rotatable bonds is 1. The molecule has 0 saturated carbocycles. The number of alkyl halides is 1. The molecule has 15 heavy (non-hydrogen) atoms. The van der Waals surface area contributed by atoms with Crippen LogP contribution < -0.4 is 9.47 Å². The van der Waals surface area contributed by atoms with Crippen molar-refractivity contribution in [2.24, 2.45) is 0 Å². The monoisotopic (exact) mass is 207 g/mol.